The minimum atomic E-state index is -0.422. The molecule has 0 bridgehead atoms. The van der Waals surface area contributed by atoms with Gasteiger partial charge in [-0.15, -0.1) is 0 Å². The number of carbonyl (C=O) groups is 1. The standard InChI is InChI=1S/C43H47N7O4/c1-5-53-42(52)43(4)14-18-49(19-15-43)24-30-21-37-41(46-23-30)54-40(48-37)35-10-6-8-33(27(35)2)34-9-7-11-36(28(34)3)47-39-38-31(12-16-44-39)20-29(22-45-38)25-50-17-13-32(51)26-50/h6-12,16,20-23,32,51H,5,13-15,17-19,24-26H2,1-4H3,(H,44,47)/t32-/m1/s1. The largest absolute Gasteiger partial charge is 0.466 e. The van der Waals surface area contributed by atoms with Crippen LogP contribution >= 0.6 is 0 Å². The van der Waals surface area contributed by atoms with E-state index < -0.39 is 5.41 Å². The number of carbonyl (C=O) groups excluding carboxylic acids is 1. The average Bonchev–Trinajstić information content (AvgIpc) is 3.79. The smallest absolute Gasteiger partial charge is 0.311 e. The van der Waals surface area contributed by atoms with Crippen LogP contribution in [0.25, 0.3) is 44.7 Å². The highest BCUT2D eigenvalue weighted by Crippen LogP contribution is 2.38. The van der Waals surface area contributed by atoms with E-state index in [4.69, 9.17) is 19.1 Å². The first-order valence-electron chi connectivity index (χ1n) is 18.9. The summed E-state index contributed by atoms with van der Waals surface area (Å²) in [5, 5.41) is 14.5. The Bertz CT molecular complexity index is 2330. The molecule has 11 heteroatoms. The number of esters is 1. The Morgan fingerprint density at radius 2 is 1.65 bits per heavy atom. The molecule has 0 spiro atoms. The summed E-state index contributed by atoms with van der Waals surface area (Å²) in [7, 11) is 0. The molecule has 8 rings (SSSR count). The number of oxazole rings is 1. The molecule has 2 aliphatic rings. The zero-order valence-electron chi connectivity index (χ0n) is 31.4. The van der Waals surface area contributed by atoms with Crippen LogP contribution < -0.4 is 5.32 Å². The molecule has 1 atom stereocenters. The third kappa shape index (κ3) is 7.19. The Morgan fingerprint density at radius 3 is 2.43 bits per heavy atom. The SMILES string of the molecule is CCOC(=O)C1(C)CCN(Cc2cnc3oc(-c4cccc(-c5cccc(Nc6nccc7cc(CN8CC[C@@H](O)C8)cnc67)c5C)c4C)nc3c2)CC1. The van der Waals surface area contributed by atoms with E-state index in [2.05, 4.69) is 75.3 Å². The molecular weight excluding hydrogens is 679 g/mol. The lowest BCUT2D eigenvalue weighted by molar-refractivity contribution is -0.157. The number of β-amino-alcohol motifs (C(OH)–C–C–N with tert-alkyl or cyclic N) is 1. The van der Waals surface area contributed by atoms with Crippen molar-refractivity contribution in [2.75, 3.05) is 38.1 Å². The van der Waals surface area contributed by atoms with Gasteiger partial charge >= 0.3 is 5.97 Å². The topological polar surface area (TPSA) is 130 Å². The molecule has 0 aliphatic carbocycles. The zero-order valence-corrected chi connectivity index (χ0v) is 31.4. The van der Waals surface area contributed by atoms with E-state index in [-0.39, 0.29) is 12.1 Å². The first-order valence-corrected chi connectivity index (χ1v) is 18.9. The fraction of sp³-hybridized carbons (Fsp3) is 0.372. The lowest BCUT2D eigenvalue weighted by Gasteiger charge is -2.37. The minimum absolute atomic E-state index is 0.0942. The number of likely N-dealkylation sites (tertiary alicyclic amines) is 2. The molecule has 2 fully saturated rings. The molecular formula is C43H47N7O4. The average molecular weight is 726 g/mol. The molecule has 0 unspecified atom stereocenters. The summed E-state index contributed by atoms with van der Waals surface area (Å²) >= 11 is 0. The predicted molar refractivity (Wildman–Crippen MR) is 210 cm³/mol. The van der Waals surface area contributed by atoms with Crippen molar-refractivity contribution in [1.82, 2.24) is 29.7 Å². The second-order valence-corrected chi connectivity index (χ2v) is 15.1. The van der Waals surface area contributed by atoms with Gasteiger partial charge in [0.05, 0.1) is 18.1 Å². The van der Waals surface area contributed by atoms with Gasteiger partial charge in [0, 0.05) is 61.4 Å². The minimum Gasteiger partial charge on any atom is -0.466 e. The number of aromatic nitrogens is 4. The maximum Gasteiger partial charge on any atom is 0.311 e. The van der Waals surface area contributed by atoms with Crippen LogP contribution in [0, 0.1) is 19.3 Å². The van der Waals surface area contributed by atoms with Crippen LogP contribution in [0.4, 0.5) is 11.5 Å². The van der Waals surface area contributed by atoms with E-state index in [1.807, 2.05) is 50.6 Å². The molecule has 2 aromatic carbocycles. The number of rotatable bonds is 10. The lowest BCUT2D eigenvalue weighted by Crippen LogP contribution is -2.43. The van der Waals surface area contributed by atoms with Gasteiger partial charge in [-0.2, -0.15) is 0 Å². The van der Waals surface area contributed by atoms with E-state index in [0.29, 0.717) is 30.6 Å². The maximum atomic E-state index is 12.5. The Labute approximate surface area is 315 Å². The Hall–Kier alpha value is -5.23. The van der Waals surface area contributed by atoms with E-state index in [1.54, 1.807) is 0 Å². The summed E-state index contributed by atoms with van der Waals surface area (Å²) in [6.07, 6.45) is 7.71. The first kappa shape index (κ1) is 35.8. The predicted octanol–water partition coefficient (Wildman–Crippen LogP) is 7.59. The quantitative estimate of drug-likeness (QED) is 0.136. The molecule has 11 nitrogen and oxygen atoms in total. The van der Waals surface area contributed by atoms with E-state index >= 15 is 0 Å². The van der Waals surface area contributed by atoms with Crippen molar-refractivity contribution >= 4 is 39.6 Å². The molecule has 6 heterocycles. The van der Waals surface area contributed by atoms with Gasteiger partial charge in [-0.05, 0) is 124 Å². The monoisotopic (exact) mass is 725 g/mol. The number of pyridine rings is 3. The summed E-state index contributed by atoms with van der Waals surface area (Å²) in [5.41, 5.74) is 10.0. The van der Waals surface area contributed by atoms with E-state index in [1.165, 1.54) is 0 Å². The van der Waals surface area contributed by atoms with Crippen LogP contribution in [0.5, 0.6) is 0 Å². The third-order valence-electron chi connectivity index (χ3n) is 11.2. The van der Waals surface area contributed by atoms with Crippen molar-refractivity contribution < 1.29 is 19.1 Å². The lowest BCUT2D eigenvalue weighted by atomic mass is 9.80. The number of ether oxygens (including phenoxy) is 1. The number of hydrogen-bond donors (Lipinski definition) is 2. The summed E-state index contributed by atoms with van der Waals surface area (Å²) in [6, 6.07) is 18.7. The van der Waals surface area contributed by atoms with E-state index in [9.17, 15) is 9.90 Å². The molecule has 0 saturated carbocycles. The van der Waals surface area contributed by atoms with Gasteiger partial charge in [-0.25, -0.2) is 15.0 Å². The van der Waals surface area contributed by atoms with Crippen LogP contribution in [-0.4, -0.2) is 79.7 Å². The highest BCUT2D eigenvalue weighted by Gasteiger charge is 2.38. The molecule has 2 N–H and O–H groups in total. The van der Waals surface area contributed by atoms with Crippen LogP contribution in [0.15, 0.2) is 77.6 Å². The van der Waals surface area contributed by atoms with Gasteiger partial charge in [0.1, 0.15) is 11.0 Å². The van der Waals surface area contributed by atoms with Crippen LogP contribution in [0.1, 0.15) is 55.4 Å². The molecule has 4 aromatic heterocycles. The van der Waals surface area contributed by atoms with E-state index in [0.717, 1.165) is 113 Å². The van der Waals surface area contributed by atoms with Crippen molar-refractivity contribution in [1.29, 1.82) is 0 Å². The van der Waals surface area contributed by atoms with Crippen molar-refractivity contribution in [3.8, 4) is 22.6 Å². The first-order chi connectivity index (χ1) is 26.2. The summed E-state index contributed by atoms with van der Waals surface area (Å²) < 4.78 is 11.6. The van der Waals surface area contributed by atoms with Crippen LogP contribution in [0.2, 0.25) is 0 Å². The van der Waals surface area contributed by atoms with Crippen molar-refractivity contribution in [2.24, 2.45) is 5.41 Å². The van der Waals surface area contributed by atoms with Gasteiger partial charge in [0.2, 0.25) is 11.6 Å². The summed E-state index contributed by atoms with van der Waals surface area (Å²) in [6.45, 7) is 13.3. The summed E-state index contributed by atoms with van der Waals surface area (Å²) in [5.74, 6) is 1.15. The second kappa shape index (κ2) is 14.9. The Balaban J connectivity index is 1.00. The molecule has 2 aliphatic heterocycles. The maximum absolute atomic E-state index is 12.5. The number of piperidine rings is 1. The van der Waals surface area contributed by atoms with Crippen molar-refractivity contribution in [2.45, 2.75) is 66.2 Å². The number of fused-ring (bicyclic) bond motifs is 2. The number of nitrogens with one attached hydrogen (secondary N) is 1. The van der Waals surface area contributed by atoms with Gasteiger partial charge in [-0.1, -0.05) is 24.3 Å². The van der Waals surface area contributed by atoms with Gasteiger partial charge in [0.15, 0.2) is 5.82 Å². The van der Waals surface area contributed by atoms with Crippen LogP contribution in [-0.2, 0) is 22.6 Å². The normalized spacial score (nSPS) is 17.7. The number of hydrogen-bond acceptors (Lipinski definition) is 11. The van der Waals surface area contributed by atoms with Crippen molar-refractivity contribution in [3.05, 3.63) is 95.4 Å². The Kier molecular flexibility index (Phi) is 9.87. The highest BCUT2D eigenvalue weighted by atomic mass is 16.5. The molecule has 0 amide bonds. The molecule has 6 aromatic rings. The van der Waals surface area contributed by atoms with Gasteiger partial charge < -0.3 is 19.6 Å². The fourth-order valence-electron chi connectivity index (χ4n) is 7.89. The third-order valence-corrected chi connectivity index (χ3v) is 11.2. The fourth-order valence-corrected chi connectivity index (χ4v) is 7.89. The number of aliphatic hydroxyl groups excluding tert-OH is 1. The highest BCUT2D eigenvalue weighted by molar-refractivity contribution is 5.91. The second-order valence-electron chi connectivity index (χ2n) is 15.1. The molecule has 2 saturated heterocycles. The number of anilines is 2. The number of aliphatic hydroxyl groups is 1. The summed E-state index contributed by atoms with van der Waals surface area (Å²) in [4.78, 5) is 36.2. The number of nitrogens with zero attached hydrogens (tertiary/aromatic N) is 6. The molecule has 278 valence electrons. The molecule has 0 radical (unpaired) electrons. The zero-order chi connectivity index (χ0) is 37.4. The Morgan fingerprint density at radius 1 is 0.926 bits per heavy atom. The molecule has 54 heavy (non-hydrogen) atoms. The number of benzene rings is 2. The van der Waals surface area contributed by atoms with Crippen LogP contribution in [0.3, 0.4) is 0 Å². The van der Waals surface area contributed by atoms with Gasteiger partial charge in [0.25, 0.3) is 0 Å². The van der Waals surface area contributed by atoms with Crippen molar-refractivity contribution in [3.63, 3.8) is 0 Å². The van der Waals surface area contributed by atoms with Gasteiger partial charge in [-0.3, -0.25) is 19.6 Å².